The maximum atomic E-state index is 11.9. The van der Waals surface area contributed by atoms with Gasteiger partial charge < -0.3 is 15.5 Å². The van der Waals surface area contributed by atoms with Crippen LogP contribution in [0.15, 0.2) is 18.2 Å². The minimum absolute atomic E-state index is 0.0809. The number of aromatic carboxylic acids is 1. The second-order valence-electron chi connectivity index (χ2n) is 4.79. The van der Waals surface area contributed by atoms with E-state index in [9.17, 15) is 24.8 Å². The SMILES string of the molecule is CCC(O)CCCNC(=O)c1cc(C(=O)O)cc([N+](=O)[O-])c1. The van der Waals surface area contributed by atoms with E-state index in [1.807, 2.05) is 6.92 Å². The zero-order chi connectivity index (χ0) is 16.7. The Balaban J connectivity index is 2.76. The Bertz CT molecular complexity index is 540. The van der Waals surface area contributed by atoms with E-state index in [0.29, 0.717) is 25.8 Å². The number of carboxylic acid groups (broad SMARTS) is 1. The summed E-state index contributed by atoms with van der Waals surface area (Å²) in [7, 11) is 0. The summed E-state index contributed by atoms with van der Waals surface area (Å²) in [5.74, 6) is -1.93. The molecule has 0 aliphatic rings. The predicted molar refractivity (Wildman–Crippen MR) is 77.9 cm³/mol. The highest BCUT2D eigenvalue weighted by atomic mass is 16.6. The van der Waals surface area contributed by atoms with Gasteiger partial charge in [-0.3, -0.25) is 14.9 Å². The largest absolute Gasteiger partial charge is 0.478 e. The summed E-state index contributed by atoms with van der Waals surface area (Å²) >= 11 is 0. The fraction of sp³-hybridized carbons (Fsp3) is 0.429. The molecule has 8 nitrogen and oxygen atoms in total. The molecule has 3 N–H and O–H groups in total. The van der Waals surface area contributed by atoms with Crippen LogP contribution in [0, 0.1) is 10.1 Å². The molecular formula is C14H18N2O6. The number of carbonyl (C=O) groups is 2. The summed E-state index contributed by atoms with van der Waals surface area (Å²) in [4.78, 5) is 32.9. The van der Waals surface area contributed by atoms with Crippen LogP contribution < -0.4 is 5.32 Å². The molecule has 1 amide bonds. The molecule has 0 aromatic heterocycles. The summed E-state index contributed by atoms with van der Waals surface area (Å²) in [5.41, 5.74) is -0.852. The molecule has 0 radical (unpaired) electrons. The Hall–Kier alpha value is -2.48. The monoisotopic (exact) mass is 310 g/mol. The van der Waals surface area contributed by atoms with Crippen molar-refractivity contribution < 1.29 is 24.7 Å². The second kappa shape index (κ2) is 8.08. The summed E-state index contributed by atoms with van der Waals surface area (Å²) in [6.07, 6.45) is 1.29. The van der Waals surface area contributed by atoms with Gasteiger partial charge in [-0.25, -0.2) is 4.79 Å². The van der Waals surface area contributed by atoms with Crippen LogP contribution in [0.5, 0.6) is 0 Å². The Labute approximate surface area is 126 Å². The van der Waals surface area contributed by atoms with Crippen molar-refractivity contribution in [3.8, 4) is 0 Å². The first kappa shape index (κ1) is 17.6. The van der Waals surface area contributed by atoms with Gasteiger partial charge in [0.25, 0.3) is 11.6 Å². The first-order valence-corrected chi connectivity index (χ1v) is 6.84. The molecule has 8 heteroatoms. The molecular weight excluding hydrogens is 292 g/mol. The molecule has 0 saturated heterocycles. The van der Waals surface area contributed by atoms with E-state index in [0.717, 1.165) is 18.2 Å². The maximum Gasteiger partial charge on any atom is 0.335 e. The molecule has 0 saturated carbocycles. The predicted octanol–water partition coefficient (Wildman–Crippen LogP) is 1.57. The van der Waals surface area contributed by atoms with Crippen molar-refractivity contribution in [2.24, 2.45) is 0 Å². The molecule has 0 bridgehead atoms. The molecule has 0 spiro atoms. The smallest absolute Gasteiger partial charge is 0.335 e. The normalized spacial score (nSPS) is 11.7. The molecule has 0 fully saturated rings. The van der Waals surface area contributed by atoms with Gasteiger partial charge in [0.1, 0.15) is 0 Å². The lowest BCUT2D eigenvalue weighted by Crippen LogP contribution is -2.25. The maximum absolute atomic E-state index is 11.9. The Morgan fingerprint density at radius 3 is 2.50 bits per heavy atom. The van der Waals surface area contributed by atoms with Crippen molar-refractivity contribution in [1.29, 1.82) is 0 Å². The lowest BCUT2D eigenvalue weighted by Gasteiger charge is -2.09. The number of hydrogen-bond donors (Lipinski definition) is 3. The van der Waals surface area contributed by atoms with Crippen LogP contribution in [-0.4, -0.2) is 39.7 Å². The van der Waals surface area contributed by atoms with Gasteiger partial charge in [-0.15, -0.1) is 0 Å². The third-order valence-electron chi connectivity index (χ3n) is 3.11. The number of nitro groups is 1. The molecule has 0 aliphatic carbocycles. The van der Waals surface area contributed by atoms with Crippen molar-refractivity contribution in [2.45, 2.75) is 32.3 Å². The van der Waals surface area contributed by atoms with E-state index in [4.69, 9.17) is 5.11 Å². The highest BCUT2D eigenvalue weighted by Crippen LogP contribution is 2.17. The summed E-state index contributed by atoms with van der Waals surface area (Å²) in [5, 5.41) is 31.6. The molecule has 0 heterocycles. The van der Waals surface area contributed by atoms with Crippen molar-refractivity contribution >= 4 is 17.6 Å². The van der Waals surface area contributed by atoms with Crippen molar-refractivity contribution in [1.82, 2.24) is 5.32 Å². The fourth-order valence-corrected chi connectivity index (χ4v) is 1.82. The standard InChI is InChI=1S/C14H18N2O6/c1-2-12(17)4-3-5-15-13(18)9-6-10(14(19)20)8-11(7-9)16(21)22/h6-8,12,17H,2-5H2,1H3,(H,15,18)(H,19,20). The van der Waals surface area contributed by atoms with Gasteiger partial charge in [-0.2, -0.15) is 0 Å². The van der Waals surface area contributed by atoms with E-state index in [1.165, 1.54) is 0 Å². The number of hydrogen-bond acceptors (Lipinski definition) is 5. The third kappa shape index (κ3) is 5.13. The van der Waals surface area contributed by atoms with E-state index in [1.54, 1.807) is 0 Å². The number of nitrogens with one attached hydrogen (secondary N) is 1. The number of aliphatic hydroxyl groups excluding tert-OH is 1. The number of benzene rings is 1. The number of non-ortho nitro benzene ring substituents is 1. The molecule has 1 aromatic carbocycles. The van der Waals surface area contributed by atoms with Crippen molar-refractivity contribution in [3.63, 3.8) is 0 Å². The fourth-order valence-electron chi connectivity index (χ4n) is 1.82. The van der Waals surface area contributed by atoms with Crippen molar-refractivity contribution in [2.75, 3.05) is 6.54 Å². The van der Waals surface area contributed by atoms with E-state index in [-0.39, 0.29) is 11.1 Å². The minimum atomic E-state index is -1.34. The topological polar surface area (TPSA) is 130 Å². The zero-order valence-corrected chi connectivity index (χ0v) is 12.1. The lowest BCUT2D eigenvalue weighted by molar-refractivity contribution is -0.384. The van der Waals surface area contributed by atoms with Crippen LogP contribution in [0.1, 0.15) is 46.9 Å². The summed E-state index contributed by atoms with van der Waals surface area (Å²) in [6, 6.07) is 3.02. The quantitative estimate of drug-likeness (QED) is 0.379. The second-order valence-corrected chi connectivity index (χ2v) is 4.79. The number of carbonyl (C=O) groups excluding carboxylic acids is 1. The van der Waals surface area contributed by atoms with Crippen molar-refractivity contribution in [3.05, 3.63) is 39.4 Å². The van der Waals surface area contributed by atoms with Gasteiger partial charge in [0.2, 0.25) is 0 Å². The first-order valence-electron chi connectivity index (χ1n) is 6.84. The third-order valence-corrected chi connectivity index (χ3v) is 3.11. The van der Waals surface area contributed by atoms with Gasteiger partial charge in [-0.05, 0) is 25.3 Å². The van der Waals surface area contributed by atoms with Gasteiger partial charge in [-0.1, -0.05) is 6.92 Å². The average molecular weight is 310 g/mol. The van der Waals surface area contributed by atoms with Gasteiger partial charge >= 0.3 is 5.97 Å². The van der Waals surface area contributed by atoms with Gasteiger partial charge in [0.15, 0.2) is 0 Å². The molecule has 120 valence electrons. The van der Waals surface area contributed by atoms with E-state index in [2.05, 4.69) is 5.32 Å². The van der Waals surface area contributed by atoms with Crippen LogP contribution >= 0.6 is 0 Å². The number of carboxylic acids is 1. The molecule has 22 heavy (non-hydrogen) atoms. The number of nitrogens with zero attached hydrogens (tertiary/aromatic N) is 1. The highest BCUT2D eigenvalue weighted by Gasteiger charge is 2.17. The highest BCUT2D eigenvalue weighted by molar-refractivity contribution is 5.98. The van der Waals surface area contributed by atoms with Gasteiger partial charge in [0.05, 0.1) is 16.6 Å². The zero-order valence-electron chi connectivity index (χ0n) is 12.1. The molecule has 1 rings (SSSR count). The summed E-state index contributed by atoms with van der Waals surface area (Å²) < 4.78 is 0. The van der Waals surface area contributed by atoms with Crippen LogP contribution in [0.4, 0.5) is 5.69 Å². The summed E-state index contributed by atoms with van der Waals surface area (Å²) in [6.45, 7) is 2.14. The Morgan fingerprint density at radius 2 is 1.95 bits per heavy atom. The van der Waals surface area contributed by atoms with Crippen LogP contribution in [0.2, 0.25) is 0 Å². The first-order chi connectivity index (χ1) is 10.3. The van der Waals surface area contributed by atoms with E-state index >= 15 is 0 Å². The van der Waals surface area contributed by atoms with Crippen LogP contribution in [-0.2, 0) is 0 Å². The van der Waals surface area contributed by atoms with Crippen LogP contribution in [0.3, 0.4) is 0 Å². The average Bonchev–Trinajstić information content (AvgIpc) is 2.50. The molecule has 1 aromatic rings. The molecule has 1 unspecified atom stereocenters. The molecule has 1 atom stereocenters. The van der Waals surface area contributed by atoms with E-state index < -0.39 is 28.6 Å². The van der Waals surface area contributed by atoms with Gasteiger partial charge in [0, 0.05) is 24.2 Å². The number of amides is 1. The number of aliphatic hydroxyl groups is 1. The Kier molecular flexibility index (Phi) is 6.46. The van der Waals surface area contributed by atoms with Crippen LogP contribution in [0.25, 0.3) is 0 Å². The number of rotatable bonds is 8. The number of nitro benzene ring substituents is 1. The Morgan fingerprint density at radius 1 is 1.32 bits per heavy atom. The lowest BCUT2D eigenvalue weighted by atomic mass is 10.1. The minimum Gasteiger partial charge on any atom is -0.478 e. The molecule has 0 aliphatic heterocycles.